The Morgan fingerprint density at radius 1 is 1.33 bits per heavy atom. The molecule has 2 aromatic heterocycles. The molecule has 5 nitrogen and oxygen atoms in total. The fourth-order valence-electron chi connectivity index (χ4n) is 2.58. The van der Waals surface area contributed by atoms with E-state index >= 15 is 0 Å². The van der Waals surface area contributed by atoms with E-state index in [1.165, 1.54) is 24.1 Å². The minimum Gasteiger partial charge on any atom is -0.306 e. The quantitative estimate of drug-likeness (QED) is 0.884. The zero-order chi connectivity index (χ0) is 12.4. The molecule has 0 saturated carbocycles. The van der Waals surface area contributed by atoms with Crippen molar-refractivity contribution in [2.24, 2.45) is 7.05 Å². The second-order valence-electron chi connectivity index (χ2n) is 4.74. The first-order chi connectivity index (χ1) is 8.84. The van der Waals surface area contributed by atoms with Gasteiger partial charge < -0.3 is 5.32 Å². The molecule has 0 radical (unpaired) electrons. The van der Waals surface area contributed by atoms with Crippen molar-refractivity contribution in [3.63, 3.8) is 0 Å². The standard InChI is InChI=1S/C13H17N5/c1-18-13-4-2-3-12(11(13)8-17-18)16-7-10-5-14-9-15-6-10/h5-6,8-9,12,16H,2-4,7H2,1H3. The van der Waals surface area contributed by atoms with Gasteiger partial charge in [-0.05, 0) is 19.3 Å². The molecule has 2 aromatic rings. The molecule has 94 valence electrons. The van der Waals surface area contributed by atoms with E-state index in [-0.39, 0.29) is 0 Å². The van der Waals surface area contributed by atoms with Crippen LogP contribution in [0, 0.1) is 0 Å². The van der Waals surface area contributed by atoms with Crippen molar-refractivity contribution in [3.8, 4) is 0 Å². The van der Waals surface area contributed by atoms with Crippen LogP contribution in [-0.4, -0.2) is 19.7 Å². The van der Waals surface area contributed by atoms with Crippen LogP contribution < -0.4 is 5.32 Å². The van der Waals surface area contributed by atoms with E-state index in [1.54, 1.807) is 6.33 Å². The van der Waals surface area contributed by atoms with E-state index < -0.39 is 0 Å². The predicted molar refractivity (Wildman–Crippen MR) is 67.8 cm³/mol. The molecule has 0 saturated heterocycles. The van der Waals surface area contributed by atoms with E-state index in [0.29, 0.717) is 6.04 Å². The van der Waals surface area contributed by atoms with Crippen LogP contribution in [0.5, 0.6) is 0 Å². The Morgan fingerprint density at radius 2 is 2.17 bits per heavy atom. The minimum atomic E-state index is 0.405. The van der Waals surface area contributed by atoms with Gasteiger partial charge in [-0.15, -0.1) is 0 Å². The monoisotopic (exact) mass is 243 g/mol. The van der Waals surface area contributed by atoms with Crippen LogP contribution in [0.1, 0.15) is 35.7 Å². The molecule has 1 unspecified atom stereocenters. The normalized spacial score (nSPS) is 18.6. The number of fused-ring (bicyclic) bond motifs is 1. The second-order valence-corrected chi connectivity index (χ2v) is 4.74. The SMILES string of the molecule is Cn1ncc2c1CCCC2NCc1cncnc1. The first-order valence-corrected chi connectivity index (χ1v) is 6.32. The summed E-state index contributed by atoms with van der Waals surface area (Å²) in [6.07, 6.45) is 10.8. The molecule has 0 bridgehead atoms. The van der Waals surface area contributed by atoms with Gasteiger partial charge in [-0.2, -0.15) is 5.10 Å². The van der Waals surface area contributed by atoms with Crippen molar-refractivity contribution in [2.75, 3.05) is 0 Å². The van der Waals surface area contributed by atoms with Gasteiger partial charge in [-0.1, -0.05) is 0 Å². The van der Waals surface area contributed by atoms with Crippen LogP contribution in [-0.2, 0) is 20.0 Å². The highest BCUT2D eigenvalue weighted by atomic mass is 15.3. The summed E-state index contributed by atoms with van der Waals surface area (Å²) in [5, 5.41) is 7.93. The number of hydrogen-bond donors (Lipinski definition) is 1. The molecule has 5 heteroatoms. The Hall–Kier alpha value is -1.75. The summed E-state index contributed by atoms with van der Waals surface area (Å²) in [6.45, 7) is 0.805. The van der Waals surface area contributed by atoms with E-state index in [2.05, 4.69) is 20.4 Å². The fourth-order valence-corrected chi connectivity index (χ4v) is 2.58. The maximum Gasteiger partial charge on any atom is 0.115 e. The number of aryl methyl sites for hydroxylation is 1. The Kier molecular flexibility index (Phi) is 3.06. The Labute approximate surface area is 106 Å². The van der Waals surface area contributed by atoms with Gasteiger partial charge in [0.05, 0.1) is 6.20 Å². The average molecular weight is 243 g/mol. The third kappa shape index (κ3) is 2.13. The van der Waals surface area contributed by atoms with Gasteiger partial charge in [0.1, 0.15) is 6.33 Å². The Bertz CT molecular complexity index is 519. The lowest BCUT2D eigenvalue weighted by molar-refractivity contribution is 0.451. The van der Waals surface area contributed by atoms with E-state index in [1.807, 2.05) is 30.3 Å². The molecule has 2 heterocycles. The molecule has 0 spiro atoms. The molecule has 1 aliphatic rings. The van der Waals surface area contributed by atoms with E-state index in [9.17, 15) is 0 Å². The highest BCUT2D eigenvalue weighted by Crippen LogP contribution is 2.29. The van der Waals surface area contributed by atoms with Gasteiger partial charge in [0.15, 0.2) is 0 Å². The molecule has 18 heavy (non-hydrogen) atoms. The predicted octanol–water partition coefficient (Wildman–Crippen LogP) is 1.38. The topological polar surface area (TPSA) is 55.6 Å². The van der Waals surface area contributed by atoms with E-state index in [4.69, 9.17) is 0 Å². The summed E-state index contributed by atoms with van der Waals surface area (Å²) < 4.78 is 1.99. The average Bonchev–Trinajstić information content (AvgIpc) is 2.80. The Balaban J connectivity index is 1.71. The maximum atomic E-state index is 4.36. The van der Waals surface area contributed by atoms with Crippen molar-refractivity contribution in [3.05, 3.63) is 41.7 Å². The van der Waals surface area contributed by atoms with Crippen molar-refractivity contribution < 1.29 is 0 Å². The third-order valence-corrected chi connectivity index (χ3v) is 3.54. The van der Waals surface area contributed by atoms with Crippen molar-refractivity contribution >= 4 is 0 Å². The molecule has 0 aromatic carbocycles. The van der Waals surface area contributed by atoms with Gasteiger partial charge in [-0.3, -0.25) is 4.68 Å². The van der Waals surface area contributed by atoms with Gasteiger partial charge in [0.2, 0.25) is 0 Å². The molecule has 0 amide bonds. The van der Waals surface area contributed by atoms with Crippen LogP contribution in [0.3, 0.4) is 0 Å². The summed E-state index contributed by atoms with van der Waals surface area (Å²) >= 11 is 0. The number of hydrogen-bond acceptors (Lipinski definition) is 4. The lowest BCUT2D eigenvalue weighted by atomic mass is 9.93. The number of nitrogens with one attached hydrogen (secondary N) is 1. The lowest BCUT2D eigenvalue weighted by Crippen LogP contribution is -2.25. The molecular weight excluding hydrogens is 226 g/mol. The molecule has 0 aliphatic heterocycles. The van der Waals surface area contributed by atoms with Gasteiger partial charge in [-0.25, -0.2) is 9.97 Å². The van der Waals surface area contributed by atoms with Gasteiger partial charge in [0.25, 0.3) is 0 Å². The van der Waals surface area contributed by atoms with Crippen LogP contribution in [0.15, 0.2) is 24.9 Å². The summed E-state index contributed by atoms with van der Waals surface area (Å²) in [5.41, 5.74) is 3.83. The zero-order valence-electron chi connectivity index (χ0n) is 10.5. The summed E-state index contributed by atoms with van der Waals surface area (Å²) in [7, 11) is 2.02. The highest BCUT2D eigenvalue weighted by molar-refractivity contribution is 5.24. The molecule has 0 fully saturated rings. The van der Waals surface area contributed by atoms with Crippen molar-refractivity contribution in [2.45, 2.75) is 31.8 Å². The first kappa shape index (κ1) is 11.3. The highest BCUT2D eigenvalue weighted by Gasteiger charge is 2.22. The van der Waals surface area contributed by atoms with Gasteiger partial charge >= 0.3 is 0 Å². The van der Waals surface area contributed by atoms with Crippen LogP contribution in [0.25, 0.3) is 0 Å². The molecule has 3 rings (SSSR count). The number of aromatic nitrogens is 4. The molecule has 1 N–H and O–H groups in total. The first-order valence-electron chi connectivity index (χ1n) is 6.32. The Morgan fingerprint density at radius 3 is 3.00 bits per heavy atom. The number of rotatable bonds is 3. The summed E-state index contributed by atoms with van der Waals surface area (Å²) in [5.74, 6) is 0. The van der Waals surface area contributed by atoms with Crippen LogP contribution in [0.2, 0.25) is 0 Å². The summed E-state index contributed by atoms with van der Waals surface area (Å²) in [4.78, 5) is 8.06. The zero-order valence-corrected chi connectivity index (χ0v) is 10.5. The lowest BCUT2D eigenvalue weighted by Gasteiger charge is -2.23. The molecule has 1 aliphatic carbocycles. The van der Waals surface area contributed by atoms with E-state index in [0.717, 1.165) is 18.5 Å². The van der Waals surface area contributed by atoms with Crippen molar-refractivity contribution in [1.82, 2.24) is 25.1 Å². The van der Waals surface area contributed by atoms with Crippen LogP contribution in [0.4, 0.5) is 0 Å². The smallest absolute Gasteiger partial charge is 0.115 e. The molecular formula is C13H17N5. The number of nitrogens with zero attached hydrogens (tertiary/aromatic N) is 4. The van der Waals surface area contributed by atoms with Crippen molar-refractivity contribution in [1.29, 1.82) is 0 Å². The van der Waals surface area contributed by atoms with Gasteiger partial charge in [0, 0.05) is 48.8 Å². The maximum absolute atomic E-state index is 4.36. The third-order valence-electron chi connectivity index (χ3n) is 3.54. The second kappa shape index (κ2) is 4.86. The largest absolute Gasteiger partial charge is 0.306 e. The van der Waals surface area contributed by atoms with Crippen LogP contribution >= 0.6 is 0 Å². The minimum absolute atomic E-state index is 0.405. The molecule has 1 atom stereocenters. The fraction of sp³-hybridized carbons (Fsp3) is 0.462. The summed E-state index contributed by atoms with van der Waals surface area (Å²) in [6, 6.07) is 0.405.